The van der Waals surface area contributed by atoms with E-state index in [4.69, 9.17) is 0 Å². The lowest BCUT2D eigenvalue weighted by Gasteiger charge is -2.03. The number of carbonyl (C=O) groups excluding carboxylic acids is 1. The molecule has 21 heavy (non-hydrogen) atoms. The Kier molecular flexibility index (Phi) is 3.40. The van der Waals surface area contributed by atoms with E-state index in [9.17, 15) is 4.79 Å². The Labute approximate surface area is 123 Å². The van der Waals surface area contributed by atoms with Crippen LogP contribution in [-0.2, 0) is 0 Å². The third-order valence-electron chi connectivity index (χ3n) is 3.67. The van der Waals surface area contributed by atoms with Gasteiger partial charge < -0.3 is 4.98 Å². The number of hydrogen-bond acceptors (Lipinski definition) is 2. The molecule has 0 spiro atoms. The van der Waals surface area contributed by atoms with Crippen molar-refractivity contribution in [3.8, 4) is 11.1 Å². The number of aromatic nitrogens is 2. The van der Waals surface area contributed by atoms with Gasteiger partial charge in [0.2, 0.25) is 0 Å². The number of H-pyrrole nitrogens is 1. The lowest BCUT2D eigenvalue weighted by atomic mass is 10.0. The Balaban J connectivity index is 2.15. The van der Waals surface area contributed by atoms with Gasteiger partial charge in [-0.05, 0) is 31.1 Å². The average Bonchev–Trinajstić information content (AvgIpc) is 2.97. The van der Waals surface area contributed by atoms with Gasteiger partial charge in [-0.3, -0.25) is 4.79 Å². The monoisotopic (exact) mass is 276 g/mol. The second-order valence-electron chi connectivity index (χ2n) is 4.99. The zero-order valence-electron chi connectivity index (χ0n) is 12.1. The SMILES string of the molecule is C/C=C(\C)C(=O)c1c[nH]c2ncc(-c3ccccc3)cc12. The average molecular weight is 276 g/mol. The highest BCUT2D eigenvalue weighted by Gasteiger charge is 2.14. The maximum atomic E-state index is 12.4. The first kappa shape index (κ1) is 13.3. The van der Waals surface area contributed by atoms with Crippen LogP contribution in [0.4, 0.5) is 0 Å². The van der Waals surface area contributed by atoms with Gasteiger partial charge in [0.05, 0.1) is 0 Å². The molecule has 1 N–H and O–H groups in total. The van der Waals surface area contributed by atoms with Gasteiger partial charge in [0, 0.05) is 28.9 Å². The molecule has 0 saturated carbocycles. The molecule has 0 aliphatic rings. The number of aromatic amines is 1. The van der Waals surface area contributed by atoms with Gasteiger partial charge in [0.25, 0.3) is 0 Å². The number of Topliss-reactive ketones (excluding diaryl/α,β-unsaturated/α-hetero) is 1. The van der Waals surface area contributed by atoms with Crippen molar-refractivity contribution in [3.63, 3.8) is 0 Å². The fraction of sp³-hybridized carbons (Fsp3) is 0.111. The molecule has 1 aromatic carbocycles. The quantitative estimate of drug-likeness (QED) is 0.570. The Morgan fingerprint density at radius 2 is 1.95 bits per heavy atom. The van der Waals surface area contributed by atoms with E-state index in [0.717, 1.165) is 27.7 Å². The molecule has 0 amide bonds. The third kappa shape index (κ3) is 2.38. The minimum atomic E-state index is 0.0377. The Morgan fingerprint density at radius 3 is 2.67 bits per heavy atom. The van der Waals surface area contributed by atoms with Crippen LogP contribution in [-0.4, -0.2) is 15.8 Å². The molecule has 2 aromatic heterocycles. The largest absolute Gasteiger partial charge is 0.345 e. The second kappa shape index (κ2) is 5.37. The highest BCUT2D eigenvalue weighted by Crippen LogP contribution is 2.25. The number of hydrogen-bond donors (Lipinski definition) is 1. The maximum Gasteiger partial charge on any atom is 0.190 e. The molecule has 0 aliphatic heterocycles. The van der Waals surface area contributed by atoms with Crippen LogP contribution in [0.3, 0.4) is 0 Å². The molecule has 3 aromatic rings. The minimum absolute atomic E-state index is 0.0377. The van der Waals surface area contributed by atoms with Gasteiger partial charge in [0.15, 0.2) is 5.78 Å². The number of allylic oxidation sites excluding steroid dienone is 2. The van der Waals surface area contributed by atoms with Gasteiger partial charge in [-0.25, -0.2) is 4.98 Å². The lowest BCUT2D eigenvalue weighted by molar-refractivity contribution is 0.103. The minimum Gasteiger partial charge on any atom is -0.345 e. The van der Waals surface area contributed by atoms with Gasteiger partial charge in [-0.1, -0.05) is 36.4 Å². The van der Waals surface area contributed by atoms with Crippen molar-refractivity contribution < 1.29 is 4.79 Å². The zero-order valence-corrected chi connectivity index (χ0v) is 12.1. The predicted molar refractivity (Wildman–Crippen MR) is 85.3 cm³/mol. The molecule has 0 saturated heterocycles. The molecule has 104 valence electrons. The molecule has 0 bridgehead atoms. The normalized spacial score (nSPS) is 11.8. The number of nitrogens with zero attached hydrogens (tertiary/aromatic N) is 1. The Hall–Kier alpha value is -2.68. The number of nitrogens with one attached hydrogen (secondary N) is 1. The molecular formula is C18H16N2O. The fourth-order valence-corrected chi connectivity index (χ4v) is 2.32. The molecule has 2 heterocycles. The van der Waals surface area contributed by atoms with E-state index in [2.05, 4.69) is 9.97 Å². The van der Waals surface area contributed by atoms with Crippen molar-refractivity contribution in [2.45, 2.75) is 13.8 Å². The molecule has 0 aliphatic carbocycles. The summed E-state index contributed by atoms with van der Waals surface area (Å²) in [6, 6.07) is 12.1. The molecule has 3 heteroatoms. The van der Waals surface area contributed by atoms with E-state index in [1.165, 1.54) is 0 Å². The molecule has 0 atom stereocenters. The van der Waals surface area contributed by atoms with Crippen molar-refractivity contribution >= 4 is 16.8 Å². The van der Waals surface area contributed by atoms with Crippen LogP contribution in [0.2, 0.25) is 0 Å². The number of ketones is 1. The fourth-order valence-electron chi connectivity index (χ4n) is 2.32. The van der Waals surface area contributed by atoms with Gasteiger partial charge in [-0.2, -0.15) is 0 Å². The first-order valence-corrected chi connectivity index (χ1v) is 6.91. The predicted octanol–water partition coefficient (Wildman–Crippen LogP) is 4.38. The van der Waals surface area contributed by atoms with E-state index in [1.54, 1.807) is 6.20 Å². The van der Waals surface area contributed by atoms with Crippen LogP contribution in [0, 0.1) is 0 Å². The van der Waals surface area contributed by atoms with Crippen molar-refractivity contribution in [2.75, 3.05) is 0 Å². The Bertz CT molecular complexity index is 829. The van der Waals surface area contributed by atoms with Crippen molar-refractivity contribution in [2.24, 2.45) is 0 Å². The summed E-state index contributed by atoms with van der Waals surface area (Å²) in [4.78, 5) is 19.9. The first-order valence-electron chi connectivity index (χ1n) is 6.91. The van der Waals surface area contributed by atoms with Crippen molar-refractivity contribution in [1.82, 2.24) is 9.97 Å². The molecule has 3 rings (SSSR count). The van der Waals surface area contributed by atoms with Crippen LogP contribution >= 0.6 is 0 Å². The van der Waals surface area contributed by atoms with E-state index in [-0.39, 0.29) is 5.78 Å². The molecular weight excluding hydrogens is 260 g/mol. The van der Waals surface area contributed by atoms with E-state index in [1.807, 2.05) is 62.5 Å². The number of benzene rings is 1. The molecule has 0 fully saturated rings. The standard InChI is InChI=1S/C18H16N2O/c1-3-12(2)17(21)16-11-20-18-15(16)9-14(10-19-18)13-7-5-4-6-8-13/h3-11H,1-2H3,(H,19,20)/b12-3+. The summed E-state index contributed by atoms with van der Waals surface area (Å²) in [5, 5.41) is 0.863. The highest BCUT2D eigenvalue weighted by molar-refractivity contribution is 6.15. The van der Waals surface area contributed by atoms with Crippen LogP contribution < -0.4 is 0 Å². The summed E-state index contributed by atoms with van der Waals surface area (Å²) in [5.74, 6) is 0.0377. The maximum absolute atomic E-state index is 12.4. The van der Waals surface area contributed by atoms with Crippen LogP contribution in [0.5, 0.6) is 0 Å². The third-order valence-corrected chi connectivity index (χ3v) is 3.67. The number of pyridine rings is 1. The van der Waals surface area contributed by atoms with Gasteiger partial charge >= 0.3 is 0 Å². The Morgan fingerprint density at radius 1 is 1.19 bits per heavy atom. The number of rotatable bonds is 3. The highest BCUT2D eigenvalue weighted by atomic mass is 16.1. The first-order chi connectivity index (χ1) is 10.2. The van der Waals surface area contributed by atoms with E-state index < -0.39 is 0 Å². The van der Waals surface area contributed by atoms with Crippen LogP contribution in [0.25, 0.3) is 22.2 Å². The van der Waals surface area contributed by atoms with Crippen LogP contribution in [0.1, 0.15) is 24.2 Å². The second-order valence-corrected chi connectivity index (χ2v) is 4.99. The molecule has 3 nitrogen and oxygen atoms in total. The lowest BCUT2D eigenvalue weighted by Crippen LogP contribution is -1.99. The molecule has 0 unspecified atom stereocenters. The van der Waals surface area contributed by atoms with Crippen molar-refractivity contribution in [3.05, 3.63) is 66.0 Å². The summed E-state index contributed by atoms with van der Waals surface area (Å²) >= 11 is 0. The summed E-state index contributed by atoms with van der Waals surface area (Å²) in [6.45, 7) is 3.70. The van der Waals surface area contributed by atoms with Crippen molar-refractivity contribution in [1.29, 1.82) is 0 Å². The summed E-state index contributed by atoms with van der Waals surface area (Å²) in [7, 11) is 0. The summed E-state index contributed by atoms with van der Waals surface area (Å²) < 4.78 is 0. The van der Waals surface area contributed by atoms with Gasteiger partial charge in [-0.15, -0.1) is 0 Å². The van der Waals surface area contributed by atoms with E-state index >= 15 is 0 Å². The number of carbonyl (C=O) groups is 1. The van der Waals surface area contributed by atoms with Crippen LogP contribution in [0.15, 0.2) is 60.4 Å². The molecule has 0 radical (unpaired) electrons. The topological polar surface area (TPSA) is 45.8 Å². The van der Waals surface area contributed by atoms with E-state index in [0.29, 0.717) is 5.56 Å². The smallest absolute Gasteiger partial charge is 0.190 e. The number of fused-ring (bicyclic) bond motifs is 1. The summed E-state index contributed by atoms with van der Waals surface area (Å²) in [6.07, 6.45) is 5.39. The zero-order chi connectivity index (χ0) is 14.8. The van der Waals surface area contributed by atoms with Gasteiger partial charge in [0.1, 0.15) is 5.65 Å². The summed E-state index contributed by atoms with van der Waals surface area (Å²) in [5.41, 5.74) is 4.25.